The molecular weight excluding hydrogens is 240 g/mol. The van der Waals surface area contributed by atoms with Crippen LogP contribution in [0.4, 0.5) is 0 Å². The molecule has 0 saturated carbocycles. The molecule has 8 heteroatoms. The Hall–Kier alpha value is 0.650. The van der Waals surface area contributed by atoms with Crippen molar-refractivity contribution in [1.29, 1.82) is 0 Å². The molecule has 0 aliphatic carbocycles. The Morgan fingerprint density at radius 3 is 1.92 bits per heavy atom. The van der Waals surface area contributed by atoms with E-state index in [0.29, 0.717) is 11.0 Å². The number of halogens is 2. The predicted molar refractivity (Wildman–Crippen MR) is 48.1 cm³/mol. The Kier molecular flexibility index (Phi) is 10.4. The number of hydrogen-bond donors (Lipinski definition) is 2. The molecule has 0 saturated heterocycles. The quantitative estimate of drug-likeness (QED) is 0.422. The third-order valence-corrected chi connectivity index (χ3v) is 1.54. The average molecular weight is 256 g/mol. The maximum atomic E-state index is 10.2. The lowest BCUT2D eigenvalue weighted by Crippen LogP contribution is -3.00. The van der Waals surface area contributed by atoms with Crippen molar-refractivity contribution in [3.8, 4) is 0 Å². The van der Waals surface area contributed by atoms with Crippen LogP contribution in [0.3, 0.4) is 0 Å². The number of likely N-dealkylation sites (N-methyl/N-ethyl adjacent to an activating group) is 1. The monoisotopic (exact) mass is 255 g/mol. The number of nitrogens with zero attached hydrogens (tertiary/aromatic N) is 1. The highest BCUT2D eigenvalue weighted by Crippen LogP contribution is 2.35. The Morgan fingerprint density at radius 2 is 1.69 bits per heavy atom. The number of quaternary nitrogens is 1. The standard InChI is InChI=1S/C5H14NO4P.2ClH/c1-6(2,3)4-5-10-11(7,8)9;;/h4-5H2,1-3H3,(H-,7,8,9);2*1H. The first-order valence-electron chi connectivity index (χ1n) is 3.21. The van der Waals surface area contributed by atoms with Gasteiger partial charge in [0.05, 0.1) is 21.1 Å². The molecule has 84 valence electrons. The van der Waals surface area contributed by atoms with Gasteiger partial charge in [-0.1, -0.05) is 0 Å². The van der Waals surface area contributed by atoms with Crippen molar-refractivity contribution in [2.75, 3.05) is 34.3 Å². The van der Waals surface area contributed by atoms with Crippen LogP contribution < -0.4 is 12.4 Å². The summed E-state index contributed by atoms with van der Waals surface area (Å²) in [6, 6.07) is 0. The summed E-state index contributed by atoms with van der Waals surface area (Å²) in [5.41, 5.74) is 0. The van der Waals surface area contributed by atoms with E-state index in [2.05, 4.69) is 4.52 Å². The molecular formula is C5H16Cl2NO4P. The Balaban J connectivity index is -0.000000500. The minimum atomic E-state index is -4.26. The fourth-order valence-electron chi connectivity index (χ4n) is 0.434. The summed E-state index contributed by atoms with van der Waals surface area (Å²) in [6.45, 7) is 0.652. The van der Waals surface area contributed by atoms with Gasteiger partial charge in [0.15, 0.2) is 0 Å². The summed E-state index contributed by atoms with van der Waals surface area (Å²) in [4.78, 5) is 16.6. The number of hydrogen-bond acceptors (Lipinski definition) is 2. The number of phosphoric acid groups is 1. The average Bonchev–Trinajstić information content (AvgIpc) is 1.55. The van der Waals surface area contributed by atoms with E-state index >= 15 is 0 Å². The van der Waals surface area contributed by atoms with Crippen molar-refractivity contribution < 1.29 is 35.8 Å². The lowest BCUT2D eigenvalue weighted by Gasteiger charge is -2.23. The van der Waals surface area contributed by atoms with Gasteiger partial charge in [-0.15, -0.1) is 12.4 Å². The minimum Gasteiger partial charge on any atom is -1.00 e. The zero-order valence-electron chi connectivity index (χ0n) is 7.81. The second-order valence-electron chi connectivity index (χ2n) is 3.34. The molecule has 0 spiro atoms. The van der Waals surface area contributed by atoms with E-state index < -0.39 is 7.82 Å². The summed E-state index contributed by atoms with van der Waals surface area (Å²) in [6.07, 6.45) is 0. The molecule has 0 fully saturated rings. The second-order valence-corrected chi connectivity index (χ2v) is 4.58. The van der Waals surface area contributed by atoms with Crippen molar-refractivity contribution in [3.63, 3.8) is 0 Å². The molecule has 0 bridgehead atoms. The maximum absolute atomic E-state index is 10.2. The molecule has 0 atom stereocenters. The van der Waals surface area contributed by atoms with Crippen molar-refractivity contribution in [1.82, 2.24) is 0 Å². The molecule has 0 rings (SSSR count). The van der Waals surface area contributed by atoms with Crippen LogP contribution in [0, 0.1) is 0 Å². The van der Waals surface area contributed by atoms with E-state index in [4.69, 9.17) is 9.79 Å². The highest BCUT2D eigenvalue weighted by Gasteiger charge is 2.15. The van der Waals surface area contributed by atoms with Crippen molar-refractivity contribution in [2.45, 2.75) is 0 Å². The zero-order valence-corrected chi connectivity index (χ0v) is 10.3. The smallest absolute Gasteiger partial charge is 0.469 e. The highest BCUT2D eigenvalue weighted by molar-refractivity contribution is 7.46. The summed E-state index contributed by atoms with van der Waals surface area (Å²) in [7, 11) is 1.50. The fraction of sp³-hybridized carbons (Fsp3) is 1.00. The van der Waals surface area contributed by atoms with E-state index in [-0.39, 0.29) is 31.4 Å². The van der Waals surface area contributed by atoms with Crippen LogP contribution in [0.1, 0.15) is 0 Å². The van der Waals surface area contributed by atoms with Gasteiger partial charge in [-0.3, -0.25) is 4.52 Å². The first kappa shape index (κ1) is 19.3. The summed E-state index contributed by atoms with van der Waals surface area (Å²) in [5.74, 6) is 0. The summed E-state index contributed by atoms with van der Waals surface area (Å²) < 4.78 is 15.1. The van der Waals surface area contributed by atoms with Crippen molar-refractivity contribution >= 4 is 20.2 Å². The van der Waals surface area contributed by atoms with Gasteiger partial charge in [-0.25, -0.2) is 4.57 Å². The molecule has 0 aliphatic heterocycles. The summed E-state index contributed by atoms with van der Waals surface area (Å²) >= 11 is 0. The van der Waals surface area contributed by atoms with E-state index in [1.54, 1.807) is 0 Å². The van der Waals surface area contributed by atoms with Gasteiger partial charge >= 0.3 is 7.82 Å². The van der Waals surface area contributed by atoms with E-state index in [1.165, 1.54) is 0 Å². The molecule has 2 N–H and O–H groups in total. The van der Waals surface area contributed by atoms with Gasteiger partial charge in [0, 0.05) is 0 Å². The third kappa shape index (κ3) is 19.2. The molecule has 0 amide bonds. The topological polar surface area (TPSA) is 66.8 Å². The van der Waals surface area contributed by atoms with Crippen LogP contribution in [0.5, 0.6) is 0 Å². The lowest BCUT2D eigenvalue weighted by atomic mass is 10.5. The van der Waals surface area contributed by atoms with Crippen LogP contribution >= 0.6 is 20.2 Å². The maximum Gasteiger partial charge on any atom is 0.469 e. The minimum absolute atomic E-state index is 0. The van der Waals surface area contributed by atoms with E-state index in [9.17, 15) is 4.57 Å². The fourth-order valence-corrected chi connectivity index (χ4v) is 0.753. The Labute approximate surface area is 90.7 Å². The normalized spacial score (nSPS) is 11.5. The van der Waals surface area contributed by atoms with Crippen LogP contribution in [-0.4, -0.2) is 48.6 Å². The SMILES string of the molecule is C[N+](C)(C)CCOP(=O)(O)O.Cl.[Cl-]. The van der Waals surface area contributed by atoms with E-state index in [1.807, 2.05) is 21.1 Å². The molecule has 0 aromatic heterocycles. The van der Waals surface area contributed by atoms with Gasteiger partial charge in [0.2, 0.25) is 0 Å². The largest absolute Gasteiger partial charge is 1.00 e. The van der Waals surface area contributed by atoms with Crippen molar-refractivity contribution in [3.05, 3.63) is 0 Å². The lowest BCUT2D eigenvalue weighted by molar-refractivity contribution is -0.870. The summed E-state index contributed by atoms with van der Waals surface area (Å²) in [5, 5.41) is 0. The second kappa shape index (κ2) is 7.01. The Morgan fingerprint density at radius 1 is 1.31 bits per heavy atom. The molecule has 0 aliphatic rings. The molecule has 13 heavy (non-hydrogen) atoms. The van der Waals surface area contributed by atoms with Gasteiger partial charge in [-0.2, -0.15) is 0 Å². The van der Waals surface area contributed by atoms with Crippen LogP contribution in [0.25, 0.3) is 0 Å². The van der Waals surface area contributed by atoms with Crippen LogP contribution in [0.2, 0.25) is 0 Å². The third-order valence-electron chi connectivity index (χ3n) is 1.02. The van der Waals surface area contributed by atoms with Crippen LogP contribution in [-0.2, 0) is 9.09 Å². The van der Waals surface area contributed by atoms with Gasteiger partial charge < -0.3 is 26.7 Å². The molecule has 0 unspecified atom stereocenters. The number of phosphoric ester groups is 1. The van der Waals surface area contributed by atoms with Crippen LogP contribution in [0.15, 0.2) is 0 Å². The molecule has 0 aromatic rings. The first-order valence-corrected chi connectivity index (χ1v) is 4.74. The zero-order chi connectivity index (χ0) is 9.12. The van der Waals surface area contributed by atoms with Crippen molar-refractivity contribution in [2.24, 2.45) is 0 Å². The van der Waals surface area contributed by atoms with Gasteiger partial charge in [0.1, 0.15) is 13.2 Å². The molecule has 5 nitrogen and oxygen atoms in total. The number of rotatable bonds is 4. The Bertz CT molecular complexity index is 166. The molecule has 0 radical (unpaired) electrons. The predicted octanol–water partition coefficient (Wildman–Crippen LogP) is -2.77. The van der Waals surface area contributed by atoms with Gasteiger partial charge in [0.25, 0.3) is 0 Å². The first-order chi connectivity index (χ1) is 4.71. The van der Waals surface area contributed by atoms with E-state index in [0.717, 1.165) is 0 Å². The molecule has 0 aromatic carbocycles. The van der Waals surface area contributed by atoms with Gasteiger partial charge in [-0.05, 0) is 0 Å². The highest BCUT2D eigenvalue weighted by atomic mass is 35.5. The molecule has 0 heterocycles.